The van der Waals surface area contributed by atoms with Gasteiger partial charge in [0.05, 0.1) is 11.7 Å². The molecule has 2 aromatic rings. The average molecular weight is 258 g/mol. The van der Waals surface area contributed by atoms with Gasteiger partial charge in [-0.2, -0.15) is 0 Å². The van der Waals surface area contributed by atoms with Crippen molar-refractivity contribution in [3.05, 3.63) is 65.7 Å². The molecule has 0 bridgehead atoms. The van der Waals surface area contributed by atoms with Gasteiger partial charge in [0.1, 0.15) is 5.82 Å². The summed E-state index contributed by atoms with van der Waals surface area (Å²) in [6.45, 7) is 3.02. The minimum absolute atomic E-state index is 0.0537. The van der Waals surface area contributed by atoms with E-state index in [0.29, 0.717) is 6.42 Å². The normalized spacial score (nSPS) is 12.3. The van der Waals surface area contributed by atoms with Crippen LogP contribution < -0.4 is 5.32 Å². The van der Waals surface area contributed by atoms with Crippen LogP contribution in [0.15, 0.2) is 48.7 Å². The maximum Gasteiger partial charge on any atom is 0.126 e. The zero-order chi connectivity index (χ0) is 13.5. The standard InChI is InChI=1S/C16H19FN2/c1-2-10-18-16(15-9-5-6-11-19-15)12-13-7-3-4-8-14(13)17/h3-9,11,16,18H,2,10,12H2,1H3. The van der Waals surface area contributed by atoms with Crippen LogP contribution in [-0.2, 0) is 6.42 Å². The molecule has 0 spiro atoms. The molecule has 0 saturated carbocycles. The molecule has 0 saturated heterocycles. The second-order valence-corrected chi connectivity index (χ2v) is 4.56. The highest BCUT2D eigenvalue weighted by Gasteiger charge is 2.14. The van der Waals surface area contributed by atoms with Crippen LogP contribution in [0.3, 0.4) is 0 Å². The van der Waals surface area contributed by atoms with Crippen LogP contribution in [0.5, 0.6) is 0 Å². The van der Waals surface area contributed by atoms with E-state index in [2.05, 4.69) is 17.2 Å². The number of hydrogen-bond donors (Lipinski definition) is 1. The molecule has 2 rings (SSSR count). The van der Waals surface area contributed by atoms with Gasteiger partial charge < -0.3 is 5.32 Å². The smallest absolute Gasteiger partial charge is 0.126 e. The highest BCUT2D eigenvalue weighted by Crippen LogP contribution is 2.18. The molecular formula is C16H19FN2. The third-order valence-corrected chi connectivity index (χ3v) is 3.07. The lowest BCUT2D eigenvalue weighted by molar-refractivity contribution is 0.503. The first kappa shape index (κ1) is 13.7. The fourth-order valence-corrected chi connectivity index (χ4v) is 2.07. The summed E-state index contributed by atoms with van der Waals surface area (Å²) in [5, 5.41) is 3.43. The topological polar surface area (TPSA) is 24.9 Å². The summed E-state index contributed by atoms with van der Waals surface area (Å²) < 4.78 is 13.7. The van der Waals surface area contributed by atoms with Gasteiger partial charge in [-0.1, -0.05) is 31.2 Å². The average Bonchev–Trinajstić information content (AvgIpc) is 2.46. The van der Waals surface area contributed by atoms with Crippen molar-refractivity contribution in [1.82, 2.24) is 10.3 Å². The molecule has 3 heteroatoms. The number of nitrogens with one attached hydrogen (secondary N) is 1. The summed E-state index contributed by atoms with van der Waals surface area (Å²) in [5.74, 6) is -0.151. The van der Waals surface area contributed by atoms with Crippen LogP contribution in [-0.4, -0.2) is 11.5 Å². The Labute approximate surface area is 113 Å². The van der Waals surface area contributed by atoms with Gasteiger partial charge in [0.15, 0.2) is 0 Å². The SMILES string of the molecule is CCCNC(Cc1ccccc1F)c1ccccn1. The Bertz CT molecular complexity index is 499. The first-order valence-corrected chi connectivity index (χ1v) is 6.69. The highest BCUT2D eigenvalue weighted by atomic mass is 19.1. The number of halogens is 1. The van der Waals surface area contributed by atoms with E-state index in [9.17, 15) is 4.39 Å². The minimum atomic E-state index is -0.151. The molecule has 2 nitrogen and oxygen atoms in total. The van der Waals surface area contributed by atoms with Crippen LogP contribution in [0.25, 0.3) is 0 Å². The van der Waals surface area contributed by atoms with E-state index in [4.69, 9.17) is 0 Å². The quantitative estimate of drug-likeness (QED) is 0.857. The molecule has 1 aromatic heterocycles. The molecule has 1 atom stereocenters. The van der Waals surface area contributed by atoms with E-state index in [-0.39, 0.29) is 11.9 Å². The molecule has 1 N–H and O–H groups in total. The monoisotopic (exact) mass is 258 g/mol. The van der Waals surface area contributed by atoms with Crippen molar-refractivity contribution in [2.24, 2.45) is 0 Å². The van der Waals surface area contributed by atoms with Crippen LogP contribution in [0.4, 0.5) is 4.39 Å². The molecule has 100 valence electrons. The van der Waals surface area contributed by atoms with Crippen molar-refractivity contribution in [1.29, 1.82) is 0 Å². The van der Waals surface area contributed by atoms with Crippen LogP contribution in [0.1, 0.15) is 30.6 Å². The second-order valence-electron chi connectivity index (χ2n) is 4.56. The number of aromatic nitrogens is 1. The fourth-order valence-electron chi connectivity index (χ4n) is 2.07. The molecule has 0 fully saturated rings. The van der Waals surface area contributed by atoms with Gasteiger partial charge in [-0.3, -0.25) is 4.98 Å². The third kappa shape index (κ3) is 3.86. The maximum atomic E-state index is 13.7. The van der Waals surface area contributed by atoms with Crippen LogP contribution >= 0.6 is 0 Å². The number of rotatable bonds is 6. The van der Waals surface area contributed by atoms with Crippen molar-refractivity contribution in [3.8, 4) is 0 Å². The summed E-state index contributed by atoms with van der Waals surface area (Å²) in [7, 11) is 0. The van der Waals surface area contributed by atoms with Crippen LogP contribution in [0, 0.1) is 5.82 Å². The largest absolute Gasteiger partial charge is 0.308 e. The lowest BCUT2D eigenvalue weighted by Gasteiger charge is -2.18. The van der Waals surface area contributed by atoms with Gasteiger partial charge in [-0.15, -0.1) is 0 Å². The first-order valence-electron chi connectivity index (χ1n) is 6.69. The summed E-state index contributed by atoms with van der Waals surface area (Å²) >= 11 is 0. The molecule has 1 unspecified atom stereocenters. The zero-order valence-electron chi connectivity index (χ0n) is 11.1. The number of pyridine rings is 1. The number of nitrogens with zero attached hydrogens (tertiary/aromatic N) is 1. The molecule has 0 radical (unpaired) electrons. The Morgan fingerprint density at radius 3 is 2.63 bits per heavy atom. The summed E-state index contributed by atoms with van der Waals surface area (Å²) in [4.78, 5) is 4.37. The van der Waals surface area contributed by atoms with E-state index < -0.39 is 0 Å². The van der Waals surface area contributed by atoms with Gasteiger partial charge >= 0.3 is 0 Å². The maximum absolute atomic E-state index is 13.7. The Morgan fingerprint density at radius 1 is 1.16 bits per heavy atom. The fraction of sp³-hybridized carbons (Fsp3) is 0.312. The van der Waals surface area contributed by atoms with E-state index in [1.165, 1.54) is 6.07 Å². The predicted octanol–water partition coefficient (Wildman–Crippen LogP) is 3.50. The molecule has 0 aliphatic heterocycles. The van der Waals surface area contributed by atoms with Crippen molar-refractivity contribution < 1.29 is 4.39 Å². The molecule has 0 aliphatic rings. The number of hydrogen-bond acceptors (Lipinski definition) is 2. The second kappa shape index (κ2) is 7.00. The summed E-state index contributed by atoms with van der Waals surface area (Å²) in [5.41, 5.74) is 1.68. The molecular weight excluding hydrogens is 239 g/mol. The highest BCUT2D eigenvalue weighted by molar-refractivity contribution is 5.21. The van der Waals surface area contributed by atoms with Gasteiger partial charge in [0.25, 0.3) is 0 Å². The van der Waals surface area contributed by atoms with Gasteiger partial charge in [-0.05, 0) is 43.1 Å². The molecule has 0 amide bonds. The van der Waals surface area contributed by atoms with Gasteiger partial charge in [-0.25, -0.2) is 4.39 Å². The Morgan fingerprint density at radius 2 is 1.95 bits per heavy atom. The van der Waals surface area contributed by atoms with Gasteiger partial charge in [0, 0.05) is 6.20 Å². The summed E-state index contributed by atoms with van der Waals surface area (Å²) in [6.07, 6.45) is 3.43. The third-order valence-electron chi connectivity index (χ3n) is 3.07. The van der Waals surface area contributed by atoms with Gasteiger partial charge in [0.2, 0.25) is 0 Å². The zero-order valence-corrected chi connectivity index (χ0v) is 11.1. The van der Waals surface area contributed by atoms with E-state index in [1.807, 2.05) is 30.3 Å². The predicted molar refractivity (Wildman–Crippen MR) is 75.4 cm³/mol. The van der Waals surface area contributed by atoms with E-state index in [1.54, 1.807) is 12.3 Å². The molecule has 1 heterocycles. The van der Waals surface area contributed by atoms with Crippen molar-refractivity contribution >= 4 is 0 Å². The minimum Gasteiger partial charge on any atom is -0.308 e. The Kier molecular flexibility index (Phi) is 5.04. The van der Waals surface area contributed by atoms with Crippen molar-refractivity contribution in [2.75, 3.05) is 6.54 Å². The lowest BCUT2D eigenvalue weighted by Crippen LogP contribution is -2.25. The summed E-state index contributed by atoms with van der Waals surface area (Å²) in [6, 6.07) is 12.8. The molecule has 0 aliphatic carbocycles. The van der Waals surface area contributed by atoms with Crippen molar-refractivity contribution in [2.45, 2.75) is 25.8 Å². The van der Waals surface area contributed by atoms with E-state index in [0.717, 1.165) is 24.2 Å². The lowest BCUT2D eigenvalue weighted by atomic mass is 10.0. The molecule has 19 heavy (non-hydrogen) atoms. The Hall–Kier alpha value is -1.74. The van der Waals surface area contributed by atoms with Crippen molar-refractivity contribution in [3.63, 3.8) is 0 Å². The Balaban J connectivity index is 2.17. The van der Waals surface area contributed by atoms with E-state index >= 15 is 0 Å². The van der Waals surface area contributed by atoms with Crippen LogP contribution in [0.2, 0.25) is 0 Å². The first-order chi connectivity index (χ1) is 9.31. The number of benzene rings is 1. The molecule has 1 aromatic carbocycles.